The first-order chi connectivity index (χ1) is 6.92. The van der Waals surface area contributed by atoms with E-state index in [1.807, 2.05) is 31.2 Å². The molecular weight excluding hydrogens is 202 g/mol. The third kappa shape index (κ3) is 3.86. The van der Waals surface area contributed by atoms with Gasteiger partial charge in [0.2, 0.25) is 0 Å². The van der Waals surface area contributed by atoms with Crippen LogP contribution in [0.25, 0.3) is 0 Å². The summed E-state index contributed by atoms with van der Waals surface area (Å²) in [4.78, 5) is 0. The normalized spacial score (nSPS) is 13.3. The second kappa shape index (κ2) is 4.60. The molecule has 1 unspecified atom stereocenters. The van der Waals surface area contributed by atoms with E-state index in [4.69, 9.17) is 9.69 Å². The fourth-order valence-electron chi connectivity index (χ4n) is 1.36. The van der Waals surface area contributed by atoms with E-state index in [0.717, 1.165) is 11.1 Å². The van der Waals surface area contributed by atoms with Crippen molar-refractivity contribution in [3.05, 3.63) is 35.4 Å². The van der Waals surface area contributed by atoms with Gasteiger partial charge in [-0.15, -0.1) is 0 Å². The van der Waals surface area contributed by atoms with Crippen LogP contribution in [0.4, 0.5) is 0 Å². The highest BCUT2D eigenvalue weighted by molar-refractivity contribution is 6.69. The maximum atomic E-state index is 9.08. The molecule has 2 nitrogen and oxygen atoms in total. The molecule has 0 N–H and O–H groups in total. The Morgan fingerprint density at radius 1 is 1.33 bits per heavy atom. The maximum absolute atomic E-state index is 9.08. The van der Waals surface area contributed by atoms with Gasteiger partial charge in [-0.25, -0.2) is 0 Å². The van der Waals surface area contributed by atoms with E-state index >= 15 is 0 Å². The molecule has 0 aliphatic carbocycles. The number of hydrogen-bond acceptors (Lipinski definition) is 2. The van der Waals surface area contributed by atoms with Crippen molar-refractivity contribution in [2.75, 3.05) is 0 Å². The Hall–Kier alpha value is -1.11. The molecule has 0 aliphatic rings. The lowest BCUT2D eigenvalue weighted by molar-refractivity contribution is 0.255. The number of rotatable bonds is 3. The number of nitrogens with zero attached hydrogens (tertiary/aromatic N) is 1. The van der Waals surface area contributed by atoms with E-state index in [0.29, 0.717) is 0 Å². The maximum Gasteiger partial charge on any atom is 0.186 e. The van der Waals surface area contributed by atoms with Crippen molar-refractivity contribution in [2.45, 2.75) is 32.7 Å². The van der Waals surface area contributed by atoms with Crippen molar-refractivity contribution in [1.82, 2.24) is 0 Å². The van der Waals surface area contributed by atoms with Crippen LogP contribution in [0, 0.1) is 18.3 Å². The van der Waals surface area contributed by atoms with Crippen molar-refractivity contribution in [2.24, 2.45) is 0 Å². The Bertz CT molecular complexity index is 376. The molecule has 1 aromatic rings. The fourth-order valence-corrected chi connectivity index (χ4v) is 2.25. The average Bonchev–Trinajstić information content (AvgIpc) is 2.13. The monoisotopic (exact) mass is 219 g/mol. The molecule has 0 aromatic heterocycles. The van der Waals surface area contributed by atoms with Crippen molar-refractivity contribution >= 4 is 8.32 Å². The van der Waals surface area contributed by atoms with Crippen LogP contribution in [0.15, 0.2) is 24.3 Å². The highest BCUT2D eigenvalue weighted by Crippen LogP contribution is 2.22. The summed E-state index contributed by atoms with van der Waals surface area (Å²) in [6, 6.07) is 10.1. The summed E-state index contributed by atoms with van der Waals surface area (Å²) in [6.07, 6.45) is -0.420. The van der Waals surface area contributed by atoms with Gasteiger partial charge in [0.15, 0.2) is 14.4 Å². The summed E-state index contributed by atoms with van der Waals surface area (Å²) in [5.74, 6) is 0. The minimum Gasteiger partial charge on any atom is -0.399 e. The first kappa shape index (κ1) is 12.0. The Labute approximate surface area is 92.6 Å². The smallest absolute Gasteiger partial charge is 0.186 e. The van der Waals surface area contributed by atoms with Gasteiger partial charge in [0.25, 0.3) is 0 Å². The molecule has 80 valence electrons. The fraction of sp³-hybridized carbons (Fsp3) is 0.417. The van der Waals surface area contributed by atoms with Crippen molar-refractivity contribution < 1.29 is 4.43 Å². The van der Waals surface area contributed by atoms with E-state index in [2.05, 4.69) is 25.7 Å². The van der Waals surface area contributed by atoms with Crippen molar-refractivity contribution in [3.8, 4) is 6.07 Å². The Balaban J connectivity index is 2.90. The minimum atomic E-state index is -1.66. The number of benzene rings is 1. The van der Waals surface area contributed by atoms with Gasteiger partial charge in [0.05, 0.1) is 6.07 Å². The lowest BCUT2D eigenvalue weighted by Crippen LogP contribution is -2.27. The highest BCUT2D eigenvalue weighted by Gasteiger charge is 2.21. The average molecular weight is 219 g/mol. The van der Waals surface area contributed by atoms with Gasteiger partial charge >= 0.3 is 0 Å². The zero-order chi connectivity index (χ0) is 11.5. The standard InChI is InChI=1S/C12H17NOSi/c1-10-6-5-7-11(8-10)12(9-13)14-15(2,3)4/h5-8,12H,1-4H3. The second-order valence-electron chi connectivity index (χ2n) is 4.65. The van der Waals surface area contributed by atoms with Gasteiger partial charge in [-0.1, -0.05) is 29.8 Å². The van der Waals surface area contributed by atoms with Crippen LogP contribution in [-0.4, -0.2) is 8.32 Å². The van der Waals surface area contributed by atoms with Crippen LogP contribution < -0.4 is 0 Å². The summed E-state index contributed by atoms with van der Waals surface area (Å²) < 4.78 is 5.81. The Morgan fingerprint density at radius 3 is 2.47 bits per heavy atom. The third-order valence-corrected chi connectivity index (χ3v) is 2.88. The highest BCUT2D eigenvalue weighted by atomic mass is 28.4. The van der Waals surface area contributed by atoms with E-state index < -0.39 is 14.4 Å². The zero-order valence-corrected chi connectivity index (χ0v) is 10.7. The zero-order valence-electron chi connectivity index (χ0n) is 9.74. The molecule has 0 bridgehead atoms. The van der Waals surface area contributed by atoms with Crippen LogP contribution in [0.3, 0.4) is 0 Å². The molecule has 0 saturated heterocycles. The van der Waals surface area contributed by atoms with E-state index in [1.54, 1.807) is 0 Å². The number of hydrogen-bond donors (Lipinski definition) is 0. The predicted octanol–water partition coefficient (Wildman–Crippen LogP) is 3.41. The van der Waals surface area contributed by atoms with Crippen molar-refractivity contribution in [3.63, 3.8) is 0 Å². The summed E-state index contributed by atoms with van der Waals surface area (Å²) in [5, 5.41) is 9.08. The molecule has 0 fully saturated rings. The molecule has 0 radical (unpaired) electrons. The lowest BCUT2D eigenvalue weighted by Gasteiger charge is -2.21. The molecule has 0 aliphatic heterocycles. The van der Waals surface area contributed by atoms with Gasteiger partial charge in [0, 0.05) is 0 Å². The SMILES string of the molecule is Cc1cccc(C(C#N)O[Si](C)(C)C)c1. The van der Waals surface area contributed by atoms with Crippen molar-refractivity contribution in [1.29, 1.82) is 5.26 Å². The molecule has 1 atom stereocenters. The van der Waals surface area contributed by atoms with Gasteiger partial charge in [0.1, 0.15) is 0 Å². The summed E-state index contributed by atoms with van der Waals surface area (Å²) in [5.41, 5.74) is 2.12. The molecule has 0 amide bonds. The molecule has 0 heterocycles. The van der Waals surface area contributed by atoms with E-state index in [-0.39, 0.29) is 0 Å². The van der Waals surface area contributed by atoms with Gasteiger partial charge in [-0.3, -0.25) is 0 Å². The second-order valence-corrected chi connectivity index (χ2v) is 9.11. The molecule has 3 heteroatoms. The number of nitriles is 1. The first-order valence-electron chi connectivity index (χ1n) is 5.06. The van der Waals surface area contributed by atoms with Crippen LogP contribution >= 0.6 is 0 Å². The Morgan fingerprint density at radius 2 is 2.00 bits per heavy atom. The quantitative estimate of drug-likeness (QED) is 0.730. The minimum absolute atomic E-state index is 0.420. The molecular formula is C12H17NOSi. The van der Waals surface area contributed by atoms with Gasteiger partial charge in [-0.2, -0.15) is 5.26 Å². The largest absolute Gasteiger partial charge is 0.399 e. The van der Waals surface area contributed by atoms with E-state index in [9.17, 15) is 0 Å². The van der Waals surface area contributed by atoms with Crippen LogP contribution in [0.5, 0.6) is 0 Å². The number of aryl methyl sites for hydroxylation is 1. The topological polar surface area (TPSA) is 33.0 Å². The van der Waals surface area contributed by atoms with Gasteiger partial charge in [-0.05, 0) is 32.1 Å². The van der Waals surface area contributed by atoms with E-state index in [1.165, 1.54) is 0 Å². The Kier molecular flexibility index (Phi) is 3.67. The lowest BCUT2D eigenvalue weighted by atomic mass is 10.1. The molecule has 0 saturated carbocycles. The molecule has 15 heavy (non-hydrogen) atoms. The third-order valence-electron chi connectivity index (χ3n) is 1.93. The van der Waals surface area contributed by atoms with Gasteiger partial charge < -0.3 is 4.43 Å². The van der Waals surface area contributed by atoms with Crippen LogP contribution in [0.2, 0.25) is 19.6 Å². The molecule has 1 rings (SSSR count). The van der Waals surface area contributed by atoms with Crippen LogP contribution in [0.1, 0.15) is 17.2 Å². The summed E-state index contributed by atoms with van der Waals surface area (Å²) in [7, 11) is -1.66. The predicted molar refractivity (Wildman–Crippen MR) is 64.0 cm³/mol. The summed E-state index contributed by atoms with van der Waals surface area (Å²) in [6.45, 7) is 8.29. The summed E-state index contributed by atoms with van der Waals surface area (Å²) >= 11 is 0. The first-order valence-corrected chi connectivity index (χ1v) is 8.47. The molecule has 1 aromatic carbocycles. The molecule has 0 spiro atoms. The van der Waals surface area contributed by atoms with Crippen LogP contribution in [-0.2, 0) is 4.43 Å².